The molecule has 0 aliphatic carbocycles. The molecule has 17 heavy (non-hydrogen) atoms. The van der Waals surface area contributed by atoms with Gasteiger partial charge in [0.1, 0.15) is 6.61 Å². The zero-order valence-electron chi connectivity index (χ0n) is 9.56. The highest BCUT2D eigenvalue weighted by molar-refractivity contribution is 9.10. The van der Waals surface area contributed by atoms with Crippen LogP contribution in [0.3, 0.4) is 0 Å². The summed E-state index contributed by atoms with van der Waals surface area (Å²) in [6, 6.07) is 6.04. The van der Waals surface area contributed by atoms with Crippen LogP contribution in [-0.2, 0) is 20.2 Å². The summed E-state index contributed by atoms with van der Waals surface area (Å²) in [5.74, 6) is 0.766. The van der Waals surface area contributed by atoms with Gasteiger partial charge in [0.15, 0.2) is 5.75 Å². The number of nitrogens with two attached hydrogens (primary N) is 1. The van der Waals surface area contributed by atoms with Crippen molar-refractivity contribution in [3.63, 3.8) is 0 Å². The second kappa shape index (κ2) is 5.33. The molecule has 0 saturated heterocycles. The van der Waals surface area contributed by atoms with Crippen molar-refractivity contribution < 1.29 is 4.74 Å². The SMILES string of the molecule is Cn1cc(OCc2ccc(CN)cc2Br)cn1. The minimum absolute atomic E-state index is 0.511. The summed E-state index contributed by atoms with van der Waals surface area (Å²) in [5, 5.41) is 4.04. The Labute approximate surface area is 109 Å². The van der Waals surface area contributed by atoms with Crippen molar-refractivity contribution in [1.29, 1.82) is 0 Å². The van der Waals surface area contributed by atoms with Crippen LogP contribution >= 0.6 is 15.9 Å². The van der Waals surface area contributed by atoms with Crippen molar-refractivity contribution >= 4 is 15.9 Å². The van der Waals surface area contributed by atoms with Gasteiger partial charge in [-0.05, 0) is 11.6 Å². The van der Waals surface area contributed by atoms with E-state index in [-0.39, 0.29) is 0 Å². The maximum absolute atomic E-state index is 5.62. The molecule has 0 saturated carbocycles. The molecule has 0 unspecified atom stereocenters. The fourth-order valence-electron chi connectivity index (χ4n) is 1.47. The lowest BCUT2D eigenvalue weighted by atomic mass is 10.1. The highest BCUT2D eigenvalue weighted by Gasteiger charge is 2.03. The van der Waals surface area contributed by atoms with E-state index >= 15 is 0 Å². The van der Waals surface area contributed by atoms with E-state index in [0.29, 0.717) is 13.2 Å². The molecule has 0 aliphatic heterocycles. The van der Waals surface area contributed by atoms with Crippen molar-refractivity contribution in [3.05, 3.63) is 46.2 Å². The number of nitrogens with zero attached hydrogens (tertiary/aromatic N) is 2. The Morgan fingerprint density at radius 3 is 2.88 bits per heavy atom. The molecule has 2 N–H and O–H groups in total. The van der Waals surface area contributed by atoms with E-state index in [4.69, 9.17) is 10.5 Å². The molecule has 1 aromatic carbocycles. The first kappa shape index (κ1) is 12.1. The number of aryl methyl sites for hydroxylation is 1. The van der Waals surface area contributed by atoms with E-state index in [0.717, 1.165) is 21.3 Å². The number of hydrogen-bond acceptors (Lipinski definition) is 3. The van der Waals surface area contributed by atoms with Crippen LogP contribution in [-0.4, -0.2) is 9.78 Å². The normalized spacial score (nSPS) is 10.5. The molecular formula is C12H14BrN3O. The molecule has 90 valence electrons. The lowest BCUT2D eigenvalue weighted by molar-refractivity contribution is 0.305. The summed E-state index contributed by atoms with van der Waals surface area (Å²) in [6.07, 6.45) is 3.53. The van der Waals surface area contributed by atoms with Crippen LogP contribution in [0.25, 0.3) is 0 Å². The zero-order chi connectivity index (χ0) is 12.3. The molecule has 0 atom stereocenters. The van der Waals surface area contributed by atoms with Gasteiger partial charge < -0.3 is 10.5 Å². The molecular weight excluding hydrogens is 282 g/mol. The topological polar surface area (TPSA) is 53.1 Å². The summed E-state index contributed by atoms with van der Waals surface area (Å²) in [4.78, 5) is 0. The first-order valence-electron chi connectivity index (χ1n) is 5.28. The Hall–Kier alpha value is -1.33. The molecule has 1 aromatic heterocycles. The molecule has 0 bridgehead atoms. The predicted octanol–water partition coefficient (Wildman–Crippen LogP) is 2.22. The van der Waals surface area contributed by atoms with Gasteiger partial charge in [0.05, 0.1) is 12.4 Å². The van der Waals surface area contributed by atoms with E-state index < -0.39 is 0 Å². The molecule has 2 aromatic rings. The molecule has 0 fully saturated rings. The number of halogens is 1. The van der Waals surface area contributed by atoms with Gasteiger partial charge in [-0.1, -0.05) is 28.1 Å². The maximum atomic E-state index is 5.62. The van der Waals surface area contributed by atoms with Crippen LogP contribution in [0, 0.1) is 0 Å². The van der Waals surface area contributed by atoms with E-state index in [2.05, 4.69) is 21.0 Å². The van der Waals surface area contributed by atoms with Crippen LogP contribution in [0.2, 0.25) is 0 Å². The summed E-state index contributed by atoms with van der Waals surface area (Å²) in [5.41, 5.74) is 7.76. The lowest BCUT2D eigenvalue weighted by Gasteiger charge is -2.07. The zero-order valence-corrected chi connectivity index (χ0v) is 11.1. The molecule has 0 aliphatic rings. The minimum atomic E-state index is 0.511. The lowest BCUT2D eigenvalue weighted by Crippen LogP contribution is -1.99. The number of aromatic nitrogens is 2. The second-order valence-electron chi connectivity index (χ2n) is 3.77. The Morgan fingerprint density at radius 2 is 2.29 bits per heavy atom. The van der Waals surface area contributed by atoms with Crippen molar-refractivity contribution in [2.75, 3.05) is 0 Å². The van der Waals surface area contributed by atoms with Gasteiger partial charge >= 0.3 is 0 Å². The molecule has 5 heteroatoms. The van der Waals surface area contributed by atoms with Crippen LogP contribution in [0.1, 0.15) is 11.1 Å². The third-order valence-electron chi connectivity index (χ3n) is 2.43. The number of hydrogen-bond donors (Lipinski definition) is 1. The predicted molar refractivity (Wildman–Crippen MR) is 69.6 cm³/mol. The molecule has 4 nitrogen and oxygen atoms in total. The highest BCUT2D eigenvalue weighted by atomic mass is 79.9. The highest BCUT2D eigenvalue weighted by Crippen LogP contribution is 2.20. The van der Waals surface area contributed by atoms with E-state index in [1.165, 1.54) is 0 Å². The van der Waals surface area contributed by atoms with Crippen LogP contribution in [0.5, 0.6) is 5.75 Å². The smallest absolute Gasteiger partial charge is 0.157 e. The van der Waals surface area contributed by atoms with Crippen molar-refractivity contribution in [1.82, 2.24) is 9.78 Å². The van der Waals surface area contributed by atoms with Gasteiger partial charge in [0.25, 0.3) is 0 Å². The quantitative estimate of drug-likeness (QED) is 0.941. The van der Waals surface area contributed by atoms with Gasteiger partial charge in [0.2, 0.25) is 0 Å². The summed E-state index contributed by atoms with van der Waals surface area (Å²) in [6.45, 7) is 1.06. The Balaban J connectivity index is 2.04. The Kier molecular flexibility index (Phi) is 3.81. The van der Waals surface area contributed by atoms with Gasteiger partial charge in [-0.25, -0.2) is 0 Å². The monoisotopic (exact) mass is 295 g/mol. The standard InChI is InChI=1S/C12H14BrN3O/c1-16-7-11(6-15-16)17-8-10-3-2-9(5-14)4-12(10)13/h2-4,6-7H,5,8,14H2,1H3. The number of benzene rings is 1. The Bertz CT molecular complexity index is 510. The van der Waals surface area contributed by atoms with Crippen LogP contribution in [0.4, 0.5) is 0 Å². The summed E-state index contributed by atoms with van der Waals surface area (Å²) >= 11 is 3.51. The number of ether oxygens (including phenoxy) is 1. The first-order chi connectivity index (χ1) is 8.19. The maximum Gasteiger partial charge on any atom is 0.157 e. The fraction of sp³-hybridized carbons (Fsp3) is 0.250. The molecule has 0 radical (unpaired) electrons. The van der Waals surface area contributed by atoms with Gasteiger partial charge in [-0.15, -0.1) is 0 Å². The molecule has 2 rings (SSSR count). The van der Waals surface area contributed by atoms with E-state index in [1.807, 2.05) is 31.4 Å². The van der Waals surface area contributed by atoms with Gasteiger partial charge in [0, 0.05) is 23.6 Å². The van der Waals surface area contributed by atoms with Crippen LogP contribution < -0.4 is 10.5 Å². The van der Waals surface area contributed by atoms with Gasteiger partial charge in [-0.3, -0.25) is 4.68 Å². The molecule has 0 spiro atoms. The molecule has 1 heterocycles. The first-order valence-corrected chi connectivity index (χ1v) is 6.07. The van der Waals surface area contributed by atoms with Crippen molar-refractivity contribution in [2.45, 2.75) is 13.2 Å². The van der Waals surface area contributed by atoms with Crippen molar-refractivity contribution in [3.8, 4) is 5.75 Å². The van der Waals surface area contributed by atoms with E-state index in [9.17, 15) is 0 Å². The molecule has 0 amide bonds. The Morgan fingerprint density at radius 1 is 1.47 bits per heavy atom. The third-order valence-corrected chi connectivity index (χ3v) is 3.17. The summed E-state index contributed by atoms with van der Waals surface area (Å²) < 4.78 is 8.35. The summed E-state index contributed by atoms with van der Waals surface area (Å²) in [7, 11) is 1.86. The number of rotatable bonds is 4. The largest absolute Gasteiger partial charge is 0.486 e. The average molecular weight is 296 g/mol. The van der Waals surface area contributed by atoms with E-state index in [1.54, 1.807) is 10.9 Å². The third kappa shape index (κ3) is 3.08. The van der Waals surface area contributed by atoms with Gasteiger partial charge in [-0.2, -0.15) is 5.10 Å². The second-order valence-corrected chi connectivity index (χ2v) is 4.62. The fourth-order valence-corrected chi connectivity index (χ4v) is 2.01. The van der Waals surface area contributed by atoms with Crippen LogP contribution in [0.15, 0.2) is 35.1 Å². The average Bonchev–Trinajstić information content (AvgIpc) is 2.73. The van der Waals surface area contributed by atoms with Crippen molar-refractivity contribution in [2.24, 2.45) is 12.8 Å². The minimum Gasteiger partial charge on any atom is -0.486 e.